The van der Waals surface area contributed by atoms with Crippen molar-refractivity contribution in [2.75, 3.05) is 18.2 Å². The number of methoxy groups -OCH3 is 1. The fourth-order valence-corrected chi connectivity index (χ4v) is 1.42. The van der Waals surface area contributed by atoms with Crippen LogP contribution in [-0.2, 0) is 6.54 Å². The van der Waals surface area contributed by atoms with Gasteiger partial charge in [-0.1, -0.05) is 0 Å². The van der Waals surface area contributed by atoms with Gasteiger partial charge in [-0.15, -0.1) is 0 Å². The summed E-state index contributed by atoms with van der Waals surface area (Å²) in [6.07, 6.45) is 3.35. The van der Waals surface area contributed by atoms with Gasteiger partial charge in [0.1, 0.15) is 5.75 Å². The second kappa shape index (κ2) is 4.61. The smallest absolute Gasteiger partial charge is 0.121 e. The van der Waals surface area contributed by atoms with Crippen LogP contribution < -0.4 is 15.8 Å². The SMILES string of the molecule is COc1ccc(NCc2ccoc2)c(N)c1. The number of rotatable bonds is 4. The molecule has 3 N–H and O–H groups in total. The Morgan fingerprint density at radius 2 is 2.25 bits per heavy atom. The lowest BCUT2D eigenvalue weighted by atomic mass is 10.2. The van der Waals surface area contributed by atoms with E-state index in [1.807, 2.05) is 18.2 Å². The van der Waals surface area contributed by atoms with Crippen molar-refractivity contribution in [1.82, 2.24) is 0 Å². The first-order chi connectivity index (χ1) is 7.79. The molecule has 1 aromatic heterocycles. The van der Waals surface area contributed by atoms with Gasteiger partial charge in [0.15, 0.2) is 0 Å². The van der Waals surface area contributed by atoms with Gasteiger partial charge in [-0.25, -0.2) is 0 Å². The van der Waals surface area contributed by atoms with Crippen LogP contribution in [0, 0.1) is 0 Å². The van der Waals surface area contributed by atoms with Crippen molar-refractivity contribution in [3.8, 4) is 5.75 Å². The molecule has 1 aromatic carbocycles. The highest BCUT2D eigenvalue weighted by molar-refractivity contribution is 5.68. The summed E-state index contributed by atoms with van der Waals surface area (Å²) in [6, 6.07) is 7.47. The van der Waals surface area contributed by atoms with Gasteiger partial charge in [-0.2, -0.15) is 0 Å². The summed E-state index contributed by atoms with van der Waals surface area (Å²) in [5.41, 5.74) is 8.51. The van der Waals surface area contributed by atoms with Crippen molar-refractivity contribution in [2.24, 2.45) is 0 Å². The molecule has 0 saturated heterocycles. The van der Waals surface area contributed by atoms with Crippen LogP contribution in [0.25, 0.3) is 0 Å². The molecule has 2 aromatic rings. The molecule has 0 spiro atoms. The average molecular weight is 218 g/mol. The third-order valence-corrected chi connectivity index (χ3v) is 2.32. The molecule has 0 aliphatic carbocycles. The minimum atomic E-state index is 0.669. The summed E-state index contributed by atoms with van der Waals surface area (Å²) in [7, 11) is 1.62. The highest BCUT2D eigenvalue weighted by Crippen LogP contribution is 2.24. The van der Waals surface area contributed by atoms with Crippen molar-refractivity contribution in [3.63, 3.8) is 0 Å². The van der Waals surface area contributed by atoms with E-state index in [4.69, 9.17) is 14.9 Å². The van der Waals surface area contributed by atoms with Crippen molar-refractivity contribution in [1.29, 1.82) is 0 Å². The summed E-state index contributed by atoms with van der Waals surface area (Å²) in [5.74, 6) is 0.756. The molecule has 0 fully saturated rings. The Balaban J connectivity index is 2.04. The fourth-order valence-electron chi connectivity index (χ4n) is 1.42. The number of nitrogens with one attached hydrogen (secondary N) is 1. The Kier molecular flexibility index (Phi) is 3.00. The average Bonchev–Trinajstić information content (AvgIpc) is 2.80. The third kappa shape index (κ3) is 2.28. The minimum Gasteiger partial charge on any atom is -0.497 e. The summed E-state index contributed by atoms with van der Waals surface area (Å²) in [6.45, 7) is 0.688. The maximum atomic E-state index is 5.87. The highest BCUT2D eigenvalue weighted by atomic mass is 16.5. The summed E-state index contributed by atoms with van der Waals surface area (Å²) < 4.78 is 10.1. The number of ether oxygens (including phenoxy) is 1. The lowest BCUT2D eigenvalue weighted by molar-refractivity contribution is 0.415. The predicted molar refractivity (Wildman–Crippen MR) is 63.4 cm³/mol. The first-order valence-corrected chi connectivity index (χ1v) is 4.98. The Morgan fingerprint density at radius 3 is 2.88 bits per heavy atom. The van der Waals surface area contributed by atoms with Crippen LogP contribution in [0.5, 0.6) is 5.75 Å². The number of hydrogen-bond acceptors (Lipinski definition) is 4. The molecular formula is C12H14N2O2. The van der Waals surface area contributed by atoms with E-state index in [9.17, 15) is 0 Å². The Labute approximate surface area is 94.0 Å². The van der Waals surface area contributed by atoms with E-state index in [-0.39, 0.29) is 0 Å². The van der Waals surface area contributed by atoms with E-state index in [2.05, 4.69) is 5.32 Å². The number of anilines is 2. The molecule has 0 aliphatic rings. The van der Waals surface area contributed by atoms with Gasteiger partial charge in [0, 0.05) is 18.2 Å². The van der Waals surface area contributed by atoms with Crippen LogP contribution in [0.15, 0.2) is 41.2 Å². The van der Waals surface area contributed by atoms with Crippen LogP contribution >= 0.6 is 0 Å². The molecule has 16 heavy (non-hydrogen) atoms. The topological polar surface area (TPSA) is 60.4 Å². The minimum absolute atomic E-state index is 0.669. The molecule has 4 nitrogen and oxygen atoms in total. The highest BCUT2D eigenvalue weighted by Gasteiger charge is 2.01. The molecule has 0 saturated carbocycles. The number of benzene rings is 1. The van der Waals surface area contributed by atoms with Crippen LogP contribution in [0.3, 0.4) is 0 Å². The van der Waals surface area contributed by atoms with E-state index in [1.165, 1.54) is 0 Å². The molecule has 84 valence electrons. The largest absolute Gasteiger partial charge is 0.497 e. The van der Waals surface area contributed by atoms with Crippen LogP contribution in [0.2, 0.25) is 0 Å². The van der Waals surface area contributed by atoms with Crippen LogP contribution in [0.1, 0.15) is 5.56 Å². The summed E-state index contributed by atoms with van der Waals surface area (Å²) in [5, 5.41) is 3.23. The molecule has 2 rings (SSSR count). The first kappa shape index (κ1) is 10.4. The lowest BCUT2D eigenvalue weighted by Gasteiger charge is -2.09. The van der Waals surface area contributed by atoms with Crippen LogP contribution in [-0.4, -0.2) is 7.11 Å². The van der Waals surface area contributed by atoms with E-state index >= 15 is 0 Å². The van der Waals surface area contributed by atoms with Gasteiger partial charge in [0.25, 0.3) is 0 Å². The van der Waals surface area contributed by atoms with Gasteiger partial charge < -0.3 is 20.2 Å². The number of furan rings is 1. The van der Waals surface area contributed by atoms with Crippen molar-refractivity contribution >= 4 is 11.4 Å². The summed E-state index contributed by atoms with van der Waals surface area (Å²) in [4.78, 5) is 0. The van der Waals surface area contributed by atoms with Gasteiger partial charge >= 0.3 is 0 Å². The maximum Gasteiger partial charge on any atom is 0.121 e. The zero-order valence-electron chi connectivity index (χ0n) is 9.07. The molecule has 0 unspecified atom stereocenters. The molecule has 1 heterocycles. The van der Waals surface area contributed by atoms with E-state index < -0.39 is 0 Å². The van der Waals surface area contributed by atoms with E-state index in [0.717, 1.165) is 17.0 Å². The molecule has 0 bridgehead atoms. The van der Waals surface area contributed by atoms with Gasteiger partial charge in [-0.3, -0.25) is 0 Å². The van der Waals surface area contributed by atoms with Gasteiger partial charge in [-0.05, 0) is 18.2 Å². The van der Waals surface area contributed by atoms with Crippen molar-refractivity contribution < 1.29 is 9.15 Å². The zero-order valence-corrected chi connectivity index (χ0v) is 9.07. The molecule has 0 atom stereocenters. The van der Waals surface area contributed by atoms with E-state index in [0.29, 0.717) is 12.2 Å². The molecule has 0 amide bonds. The fraction of sp³-hybridized carbons (Fsp3) is 0.167. The van der Waals surface area contributed by atoms with E-state index in [1.54, 1.807) is 25.7 Å². The van der Waals surface area contributed by atoms with Crippen molar-refractivity contribution in [2.45, 2.75) is 6.54 Å². The van der Waals surface area contributed by atoms with Gasteiger partial charge in [0.05, 0.1) is 31.0 Å². The second-order valence-corrected chi connectivity index (χ2v) is 3.44. The number of hydrogen-bond donors (Lipinski definition) is 2. The third-order valence-electron chi connectivity index (χ3n) is 2.32. The Bertz CT molecular complexity index is 452. The quantitative estimate of drug-likeness (QED) is 0.774. The first-order valence-electron chi connectivity index (χ1n) is 4.98. The predicted octanol–water partition coefficient (Wildman–Crippen LogP) is 2.48. The van der Waals surface area contributed by atoms with Crippen LogP contribution in [0.4, 0.5) is 11.4 Å². The second-order valence-electron chi connectivity index (χ2n) is 3.44. The number of nitrogens with two attached hydrogens (primary N) is 1. The summed E-state index contributed by atoms with van der Waals surface area (Å²) >= 11 is 0. The van der Waals surface area contributed by atoms with Crippen molar-refractivity contribution in [3.05, 3.63) is 42.4 Å². The molecule has 0 aliphatic heterocycles. The van der Waals surface area contributed by atoms with Gasteiger partial charge in [0.2, 0.25) is 0 Å². The normalized spacial score (nSPS) is 10.1. The zero-order chi connectivity index (χ0) is 11.4. The Morgan fingerprint density at radius 1 is 1.38 bits per heavy atom. The Hall–Kier alpha value is -2.10. The molecule has 4 heteroatoms. The maximum absolute atomic E-state index is 5.87. The molecular weight excluding hydrogens is 204 g/mol. The molecule has 0 radical (unpaired) electrons. The standard InChI is InChI=1S/C12H14N2O2/c1-15-10-2-3-12(11(13)6-10)14-7-9-4-5-16-8-9/h2-6,8,14H,7,13H2,1H3. The lowest BCUT2D eigenvalue weighted by Crippen LogP contribution is -2.01. The number of nitrogen functional groups attached to an aromatic ring is 1. The monoisotopic (exact) mass is 218 g/mol.